The first-order valence-corrected chi connectivity index (χ1v) is 5.74. The standard InChI is InChI=1S/C15H11BO/c16-14-9-10-5-1-2-6-11(10)15(17)13-8-4-3-7-12(13)14/h1-8,14H,9H2/t14-/m1/s1. The molecule has 1 aliphatic rings. The van der Waals surface area contributed by atoms with Gasteiger partial charge in [0.05, 0.1) is 7.85 Å². The second-order valence-electron chi connectivity index (χ2n) is 4.38. The van der Waals surface area contributed by atoms with Gasteiger partial charge in [-0.2, -0.15) is 0 Å². The van der Waals surface area contributed by atoms with Crippen LogP contribution in [0.5, 0.6) is 0 Å². The molecule has 1 nitrogen and oxygen atoms in total. The molecule has 0 aliphatic heterocycles. The Morgan fingerprint density at radius 3 is 2.41 bits per heavy atom. The topological polar surface area (TPSA) is 17.1 Å². The molecule has 0 saturated carbocycles. The summed E-state index contributed by atoms with van der Waals surface area (Å²) in [6.45, 7) is 0. The Labute approximate surface area is 102 Å². The molecular weight excluding hydrogens is 207 g/mol. The van der Waals surface area contributed by atoms with E-state index in [4.69, 9.17) is 7.85 Å². The van der Waals surface area contributed by atoms with Gasteiger partial charge >= 0.3 is 0 Å². The number of hydrogen-bond acceptors (Lipinski definition) is 1. The largest absolute Gasteiger partial charge is 0.289 e. The summed E-state index contributed by atoms with van der Waals surface area (Å²) in [7, 11) is 6.17. The van der Waals surface area contributed by atoms with Gasteiger partial charge in [0.2, 0.25) is 0 Å². The van der Waals surface area contributed by atoms with Crippen LogP contribution in [-0.2, 0) is 6.42 Å². The van der Waals surface area contributed by atoms with E-state index in [9.17, 15) is 4.79 Å². The summed E-state index contributed by atoms with van der Waals surface area (Å²) in [4.78, 5) is 12.4. The summed E-state index contributed by atoms with van der Waals surface area (Å²) in [5.41, 5.74) is 3.52. The lowest BCUT2D eigenvalue weighted by molar-refractivity contribution is 0.103. The Bertz CT molecular complexity index is 589. The molecule has 0 N–H and O–H groups in total. The summed E-state index contributed by atoms with van der Waals surface area (Å²) >= 11 is 0. The van der Waals surface area contributed by atoms with Gasteiger partial charge in [-0.05, 0) is 23.4 Å². The van der Waals surface area contributed by atoms with E-state index in [1.165, 1.54) is 0 Å². The summed E-state index contributed by atoms with van der Waals surface area (Å²) in [6.07, 6.45) is 0.721. The molecule has 0 fully saturated rings. The molecule has 0 spiro atoms. The van der Waals surface area contributed by atoms with E-state index in [2.05, 4.69) is 0 Å². The van der Waals surface area contributed by atoms with Crippen molar-refractivity contribution < 1.29 is 4.79 Å². The summed E-state index contributed by atoms with van der Waals surface area (Å²) in [5, 5.41) is 0. The van der Waals surface area contributed by atoms with Crippen molar-refractivity contribution in [3.05, 3.63) is 70.8 Å². The van der Waals surface area contributed by atoms with E-state index < -0.39 is 0 Å². The average molecular weight is 218 g/mol. The van der Waals surface area contributed by atoms with Gasteiger partial charge in [-0.3, -0.25) is 4.79 Å². The van der Waals surface area contributed by atoms with Crippen LogP contribution in [0.1, 0.15) is 32.9 Å². The van der Waals surface area contributed by atoms with Crippen molar-refractivity contribution >= 4 is 13.6 Å². The van der Waals surface area contributed by atoms with E-state index in [0.29, 0.717) is 0 Å². The minimum absolute atomic E-state index is 0.0872. The Hall–Kier alpha value is -1.83. The van der Waals surface area contributed by atoms with E-state index in [1.54, 1.807) is 0 Å². The highest BCUT2D eigenvalue weighted by Crippen LogP contribution is 2.29. The second-order valence-corrected chi connectivity index (χ2v) is 4.38. The minimum Gasteiger partial charge on any atom is -0.289 e. The van der Waals surface area contributed by atoms with Gasteiger partial charge in [-0.1, -0.05) is 48.5 Å². The number of carbonyl (C=O) groups is 1. The lowest BCUT2D eigenvalue weighted by Crippen LogP contribution is -2.04. The minimum atomic E-state index is -0.0983. The maximum absolute atomic E-state index is 12.4. The molecule has 2 aromatic carbocycles. The van der Waals surface area contributed by atoms with Crippen molar-refractivity contribution in [2.24, 2.45) is 0 Å². The Kier molecular flexibility index (Phi) is 2.36. The van der Waals surface area contributed by atoms with Crippen molar-refractivity contribution in [1.82, 2.24) is 0 Å². The molecule has 1 atom stereocenters. The fraction of sp³-hybridized carbons (Fsp3) is 0.133. The van der Waals surface area contributed by atoms with Crippen LogP contribution in [-0.4, -0.2) is 13.6 Å². The summed E-state index contributed by atoms with van der Waals surface area (Å²) in [5.74, 6) is -0.0112. The smallest absolute Gasteiger partial charge is 0.193 e. The monoisotopic (exact) mass is 218 g/mol. The molecule has 2 heteroatoms. The number of benzene rings is 2. The molecule has 0 unspecified atom stereocenters. The Morgan fingerprint density at radius 2 is 1.59 bits per heavy atom. The predicted molar refractivity (Wildman–Crippen MR) is 68.5 cm³/mol. The number of rotatable bonds is 0. The summed E-state index contributed by atoms with van der Waals surface area (Å²) in [6, 6.07) is 15.3. The van der Waals surface area contributed by atoms with Crippen LogP contribution in [0.2, 0.25) is 0 Å². The van der Waals surface area contributed by atoms with Crippen molar-refractivity contribution in [2.75, 3.05) is 0 Å². The number of hydrogen-bond donors (Lipinski definition) is 0. The van der Waals surface area contributed by atoms with Crippen molar-refractivity contribution in [2.45, 2.75) is 12.2 Å². The zero-order valence-electron chi connectivity index (χ0n) is 9.39. The third-order valence-electron chi connectivity index (χ3n) is 3.31. The molecule has 17 heavy (non-hydrogen) atoms. The molecule has 2 radical (unpaired) electrons. The van der Waals surface area contributed by atoms with Gasteiger partial charge in [-0.15, -0.1) is 0 Å². The van der Waals surface area contributed by atoms with Crippen LogP contribution in [0.3, 0.4) is 0 Å². The molecule has 0 bridgehead atoms. The van der Waals surface area contributed by atoms with Gasteiger partial charge in [0.25, 0.3) is 0 Å². The molecule has 3 rings (SSSR count). The van der Waals surface area contributed by atoms with Gasteiger partial charge in [0.15, 0.2) is 5.78 Å². The zero-order valence-corrected chi connectivity index (χ0v) is 9.39. The van der Waals surface area contributed by atoms with E-state index in [0.717, 1.165) is 28.7 Å². The highest BCUT2D eigenvalue weighted by molar-refractivity contribution is 6.17. The maximum Gasteiger partial charge on any atom is 0.193 e. The highest BCUT2D eigenvalue weighted by atomic mass is 16.1. The molecule has 80 valence electrons. The van der Waals surface area contributed by atoms with Gasteiger partial charge in [0, 0.05) is 11.1 Å². The number of carbonyl (C=O) groups excluding carboxylic acids is 1. The van der Waals surface area contributed by atoms with Gasteiger partial charge in [-0.25, -0.2) is 0 Å². The first kappa shape index (κ1) is 10.3. The zero-order chi connectivity index (χ0) is 11.8. The van der Waals surface area contributed by atoms with Crippen LogP contribution in [0.25, 0.3) is 0 Å². The van der Waals surface area contributed by atoms with Crippen molar-refractivity contribution in [3.63, 3.8) is 0 Å². The second kappa shape index (κ2) is 3.88. The highest BCUT2D eigenvalue weighted by Gasteiger charge is 2.23. The quantitative estimate of drug-likeness (QED) is 0.621. The predicted octanol–water partition coefficient (Wildman–Crippen LogP) is 2.68. The number of fused-ring (bicyclic) bond motifs is 2. The lowest BCUT2D eigenvalue weighted by atomic mass is 9.76. The molecule has 2 aromatic rings. The van der Waals surface area contributed by atoms with Crippen LogP contribution >= 0.6 is 0 Å². The molecule has 0 saturated heterocycles. The normalized spacial score (nSPS) is 18.1. The molecule has 0 aromatic heterocycles. The molecule has 0 heterocycles. The fourth-order valence-electron chi connectivity index (χ4n) is 2.44. The van der Waals surface area contributed by atoms with Crippen LogP contribution in [0.15, 0.2) is 48.5 Å². The first-order chi connectivity index (χ1) is 8.27. The van der Waals surface area contributed by atoms with E-state index in [-0.39, 0.29) is 11.6 Å². The van der Waals surface area contributed by atoms with Gasteiger partial charge < -0.3 is 0 Å². The van der Waals surface area contributed by atoms with E-state index in [1.807, 2.05) is 48.5 Å². The van der Waals surface area contributed by atoms with Gasteiger partial charge in [0.1, 0.15) is 0 Å². The van der Waals surface area contributed by atoms with Crippen LogP contribution < -0.4 is 0 Å². The first-order valence-electron chi connectivity index (χ1n) is 5.74. The van der Waals surface area contributed by atoms with E-state index >= 15 is 0 Å². The van der Waals surface area contributed by atoms with Crippen molar-refractivity contribution in [3.8, 4) is 0 Å². The average Bonchev–Trinajstić information content (AvgIpc) is 2.48. The third-order valence-corrected chi connectivity index (χ3v) is 3.31. The van der Waals surface area contributed by atoms with Crippen molar-refractivity contribution in [1.29, 1.82) is 0 Å². The summed E-state index contributed by atoms with van der Waals surface area (Å²) < 4.78 is 0. The Balaban J connectivity index is 2.26. The third kappa shape index (κ3) is 1.61. The van der Waals surface area contributed by atoms with Crippen LogP contribution in [0.4, 0.5) is 0 Å². The molecule has 0 amide bonds. The maximum atomic E-state index is 12.4. The lowest BCUT2D eigenvalue weighted by Gasteiger charge is -2.11. The molecule has 1 aliphatic carbocycles. The Morgan fingerprint density at radius 1 is 0.941 bits per heavy atom. The number of ketones is 1. The SMILES string of the molecule is [B][C@@H]1Cc2ccccc2C(=O)c2ccccc21. The van der Waals surface area contributed by atoms with Crippen LogP contribution in [0, 0.1) is 0 Å². The fourth-order valence-corrected chi connectivity index (χ4v) is 2.44. The molecular formula is C15H11BO.